The Hall–Kier alpha value is -1.81. The van der Waals surface area contributed by atoms with E-state index in [1.807, 2.05) is 24.3 Å². The van der Waals surface area contributed by atoms with Crippen LogP contribution < -0.4 is 15.5 Å². The molecule has 1 aliphatic heterocycles. The van der Waals surface area contributed by atoms with Crippen molar-refractivity contribution in [1.82, 2.24) is 10.6 Å². The maximum Gasteiger partial charge on any atom is 0.251 e. The van der Waals surface area contributed by atoms with Crippen LogP contribution in [0.2, 0.25) is 0 Å². The first-order valence-electron chi connectivity index (χ1n) is 8.18. The van der Waals surface area contributed by atoms with Crippen LogP contribution in [0, 0.1) is 0 Å². The Morgan fingerprint density at radius 2 is 2.09 bits per heavy atom. The van der Waals surface area contributed by atoms with Gasteiger partial charge in [-0.2, -0.15) is 0 Å². The minimum atomic E-state index is 0.00203. The number of amides is 1. The maximum atomic E-state index is 12.2. The largest absolute Gasteiger partial charge is 0.375 e. The van der Waals surface area contributed by atoms with E-state index >= 15 is 0 Å². The van der Waals surface area contributed by atoms with Gasteiger partial charge >= 0.3 is 0 Å². The van der Waals surface area contributed by atoms with Crippen LogP contribution in [0.15, 0.2) is 35.9 Å². The van der Waals surface area contributed by atoms with Gasteiger partial charge in [0.05, 0.1) is 0 Å². The predicted octanol–water partition coefficient (Wildman–Crippen LogP) is 2.57. The second-order valence-electron chi connectivity index (χ2n) is 5.82. The van der Waals surface area contributed by atoms with Crippen LogP contribution in [0.4, 0.5) is 5.69 Å². The third kappa shape index (κ3) is 4.88. The number of nitrogens with zero attached hydrogens (tertiary/aromatic N) is 1. The Morgan fingerprint density at radius 3 is 2.73 bits per heavy atom. The lowest BCUT2D eigenvalue weighted by Crippen LogP contribution is -2.29. The molecule has 1 aliphatic rings. The lowest BCUT2D eigenvalue weighted by Gasteiger charge is -2.19. The van der Waals surface area contributed by atoms with Crippen molar-refractivity contribution in [3.05, 3.63) is 41.5 Å². The number of benzene rings is 1. The first kappa shape index (κ1) is 16.6. The van der Waals surface area contributed by atoms with Gasteiger partial charge in [-0.05, 0) is 43.7 Å². The Bertz CT molecular complexity index is 508. The number of anilines is 1. The van der Waals surface area contributed by atoms with Gasteiger partial charge in [-0.3, -0.25) is 4.79 Å². The Labute approximate surface area is 133 Å². The summed E-state index contributed by atoms with van der Waals surface area (Å²) in [4.78, 5) is 14.4. The zero-order valence-electron chi connectivity index (χ0n) is 13.7. The zero-order valence-corrected chi connectivity index (χ0v) is 13.7. The van der Waals surface area contributed by atoms with Gasteiger partial charge in [0.2, 0.25) is 0 Å². The quantitative estimate of drug-likeness (QED) is 0.761. The van der Waals surface area contributed by atoms with Crippen molar-refractivity contribution < 1.29 is 4.79 Å². The highest BCUT2D eigenvalue weighted by molar-refractivity contribution is 5.94. The fourth-order valence-corrected chi connectivity index (χ4v) is 2.52. The average molecular weight is 301 g/mol. The number of unbranched alkanes of at least 4 members (excludes halogenated alkanes) is 1. The molecule has 22 heavy (non-hydrogen) atoms. The van der Waals surface area contributed by atoms with Crippen LogP contribution in [0.25, 0.3) is 0 Å². The third-order valence-electron chi connectivity index (χ3n) is 4.05. The summed E-state index contributed by atoms with van der Waals surface area (Å²) in [6, 6.07) is 7.86. The SMILES string of the molecule is CCCCN(C)c1ccc(C(=O)NCC2=CCNCC2)cc1. The topological polar surface area (TPSA) is 44.4 Å². The monoisotopic (exact) mass is 301 g/mol. The summed E-state index contributed by atoms with van der Waals surface area (Å²) in [5.74, 6) is 0.00203. The van der Waals surface area contributed by atoms with Gasteiger partial charge in [0, 0.05) is 37.9 Å². The molecule has 0 aromatic heterocycles. The van der Waals surface area contributed by atoms with E-state index in [1.165, 1.54) is 18.4 Å². The molecule has 0 atom stereocenters. The third-order valence-corrected chi connectivity index (χ3v) is 4.05. The summed E-state index contributed by atoms with van der Waals surface area (Å²) >= 11 is 0. The van der Waals surface area contributed by atoms with Crippen LogP contribution in [-0.4, -0.2) is 39.1 Å². The number of carbonyl (C=O) groups is 1. The summed E-state index contributed by atoms with van der Waals surface area (Å²) in [6.07, 6.45) is 5.55. The van der Waals surface area contributed by atoms with E-state index in [0.717, 1.165) is 37.3 Å². The summed E-state index contributed by atoms with van der Waals surface area (Å²) in [5, 5.41) is 6.27. The Kier molecular flexibility index (Phi) is 6.46. The van der Waals surface area contributed by atoms with Gasteiger partial charge in [0.25, 0.3) is 5.91 Å². The Balaban J connectivity index is 1.86. The highest BCUT2D eigenvalue weighted by Gasteiger charge is 2.08. The van der Waals surface area contributed by atoms with Crippen LogP contribution in [-0.2, 0) is 0 Å². The second-order valence-corrected chi connectivity index (χ2v) is 5.82. The lowest BCUT2D eigenvalue weighted by molar-refractivity contribution is 0.0956. The average Bonchev–Trinajstić information content (AvgIpc) is 2.58. The molecule has 0 aliphatic carbocycles. The molecular weight excluding hydrogens is 274 g/mol. The molecule has 0 saturated heterocycles. The molecule has 0 spiro atoms. The highest BCUT2D eigenvalue weighted by Crippen LogP contribution is 2.14. The summed E-state index contributed by atoms with van der Waals surface area (Å²) in [6.45, 7) is 5.80. The molecule has 1 heterocycles. The van der Waals surface area contributed by atoms with Gasteiger partial charge in [0.1, 0.15) is 0 Å². The molecule has 1 aromatic rings. The molecule has 1 amide bonds. The van der Waals surface area contributed by atoms with E-state index in [0.29, 0.717) is 6.54 Å². The number of hydrogen-bond donors (Lipinski definition) is 2. The molecule has 0 radical (unpaired) electrons. The minimum Gasteiger partial charge on any atom is -0.375 e. The first-order chi connectivity index (χ1) is 10.7. The first-order valence-corrected chi connectivity index (χ1v) is 8.18. The molecule has 2 rings (SSSR count). The van der Waals surface area contributed by atoms with Gasteiger partial charge in [0.15, 0.2) is 0 Å². The molecule has 0 saturated carbocycles. The van der Waals surface area contributed by atoms with E-state index in [1.54, 1.807) is 0 Å². The standard InChI is InChI=1S/C18H27N3O/c1-3-4-13-21(2)17-7-5-16(6-8-17)18(22)20-14-15-9-11-19-12-10-15/h5-9,19H,3-4,10-14H2,1-2H3,(H,20,22). The van der Waals surface area contributed by atoms with Crippen LogP contribution >= 0.6 is 0 Å². The molecule has 120 valence electrons. The summed E-state index contributed by atoms with van der Waals surface area (Å²) < 4.78 is 0. The van der Waals surface area contributed by atoms with E-state index in [2.05, 4.69) is 35.6 Å². The number of nitrogens with one attached hydrogen (secondary N) is 2. The van der Waals surface area contributed by atoms with Crippen molar-refractivity contribution in [3.8, 4) is 0 Å². The maximum absolute atomic E-state index is 12.2. The minimum absolute atomic E-state index is 0.00203. The molecule has 4 heteroatoms. The Morgan fingerprint density at radius 1 is 1.32 bits per heavy atom. The van der Waals surface area contributed by atoms with Gasteiger partial charge < -0.3 is 15.5 Å². The summed E-state index contributed by atoms with van der Waals surface area (Å²) in [5.41, 5.74) is 3.19. The second kappa shape index (κ2) is 8.59. The van der Waals surface area contributed by atoms with Crippen molar-refractivity contribution in [1.29, 1.82) is 0 Å². The molecule has 0 fully saturated rings. The zero-order chi connectivity index (χ0) is 15.8. The fraction of sp³-hybridized carbons (Fsp3) is 0.500. The highest BCUT2D eigenvalue weighted by atomic mass is 16.1. The van der Waals surface area contributed by atoms with Crippen molar-refractivity contribution in [3.63, 3.8) is 0 Å². The van der Waals surface area contributed by atoms with Crippen LogP contribution in [0.3, 0.4) is 0 Å². The van der Waals surface area contributed by atoms with Crippen LogP contribution in [0.5, 0.6) is 0 Å². The van der Waals surface area contributed by atoms with Crippen molar-refractivity contribution >= 4 is 11.6 Å². The van der Waals surface area contributed by atoms with Crippen molar-refractivity contribution in [2.24, 2.45) is 0 Å². The number of rotatable bonds is 7. The van der Waals surface area contributed by atoms with Crippen LogP contribution in [0.1, 0.15) is 36.5 Å². The van der Waals surface area contributed by atoms with Gasteiger partial charge in [-0.1, -0.05) is 25.0 Å². The fourth-order valence-electron chi connectivity index (χ4n) is 2.52. The normalized spacial score (nSPS) is 14.4. The molecule has 0 bridgehead atoms. The van der Waals surface area contributed by atoms with Gasteiger partial charge in [-0.15, -0.1) is 0 Å². The molecule has 1 aromatic carbocycles. The van der Waals surface area contributed by atoms with E-state index in [9.17, 15) is 4.79 Å². The predicted molar refractivity (Wildman–Crippen MR) is 92.5 cm³/mol. The van der Waals surface area contributed by atoms with E-state index in [-0.39, 0.29) is 5.91 Å². The summed E-state index contributed by atoms with van der Waals surface area (Å²) in [7, 11) is 2.09. The smallest absolute Gasteiger partial charge is 0.251 e. The molecule has 4 nitrogen and oxygen atoms in total. The van der Waals surface area contributed by atoms with Crippen molar-refractivity contribution in [2.75, 3.05) is 38.1 Å². The molecular formula is C18H27N3O. The molecule has 0 unspecified atom stereocenters. The molecule has 2 N–H and O–H groups in total. The van der Waals surface area contributed by atoms with Crippen molar-refractivity contribution in [2.45, 2.75) is 26.2 Å². The number of carbonyl (C=O) groups excluding carboxylic acids is 1. The number of hydrogen-bond acceptors (Lipinski definition) is 3. The van der Waals surface area contributed by atoms with Gasteiger partial charge in [-0.25, -0.2) is 0 Å². The van der Waals surface area contributed by atoms with E-state index < -0.39 is 0 Å². The van der Waals surface area contributed by atoms with E-state index in [4.69, 9.17) is 0 Å². The lowest BCUT2D eigenvalue weighted by atomic mass is 10.1.